The first-order chi connectivity index (χ1) is 7.93. The molecule has 0 spiro atoms. The van der Waals surface area contributed by atoms with Gasteiger partial charge >= 0.3 is 0 Å². The average molecular weight is 212 g/mol. The second-order valence-corrected chi connectivity index (χ2v) is 4.44. The number of fused-ring (bicyclic) bond motifs is 1. The van der Waals surface area contributed by atoms with E-state index < -0.39 is 0 Å². The lowest BCUT2D eigenvalue weighted by Crippen LogP contribution is -2.25. The van der Waals surface area contributed by atoms with E-state index in [1.165, 1.54) is 11.4 Å². The van der Waals surface area contributed by atoms with Crippen LogP contribution in [0.5, 0.6) is 0 Å². The minimum atomic E-state index is 0.542. The van der Waals surface area contributed by atoms with Crippen LogP contribution >= 0.6 is 0 Å². The van der Waals surface area contributed by atoms with Crippen molar-refractivity contribution in [1.29, 1.82) is 0 Å². The normalized spacial score (nSPS) is 30.8. The first-order valence-electron chi connectivity index (χ1n) is 5.94. The molecule has 2 aliphatic carbocycles. The van der Waals surface area contributed by atoms with Crippen LogP contribution in [0.2, 0.25) is 0 Å². The summed E-state index contributed by atoms with van der Waals surface area (Å²) in [5, 5.41) is 3.35. The molecular formula is C14H16N2. The average Bonchev–Trinajstić information content (AvgIpc) is 2.82. The van der Waals surface area contributed by atoms with E-state index in [1.807, 2.05) is 0 Å². The number of hydrogen-bond donors (Lipinski definition) is 1. The first-order valence-corrected chi connectivity index (χ1v) is 5.94. The Kier molecular flexibility index (Phi) is 2.49. The molecule has 0 saturated heterocycles. The van der Waals surface area contributed by atoms with Gasteiger partial charge in [0.25, 0.3) is 0 Å². The molecule has 3 rings (SSSR count). The van der Waals surface area contributed by atoms with Gasteiger partial charge in [0.1, 0.15) is 0 Å². The number of amidine groups is 1. The molecule has 1 aliphatic heterocycles. The predicted molar refractivity (Wildman–Crippen MR) is 67.4 cm³/mol. The van der Waals surface area contributed by atoms with Crippen molar-refractivity contribution < 1.29 is 0 Å². The summed E-state index contributed by atoms with van der Waals surface area (Å²) in [5.74, 6) is 2.28. The van der Waals surface area contributed by atoms with Crippen molar-refractivity contribution in [3.8, 4) is 0 Å². The van der Waals surface area contributed by atoms with Crippen molar-refractivity contribution in [3.63, 3.8) is 0 Å². The van der Waals surface area contributed by atoms with Crippen molar-refractivity contribution in [2.45, 2.75) is 6.42 Å². The van der Waals surface area contributed by atoms with Crippen molar-refractivity contribution in [1.82, 2.24) is 5.32 Å². The van der Waals surface area contributed by atoms with Crippen molar-refractivity contribution in [2.24, 2.45) is 16.8 Å². The highest BCUT2D eigenvalue weighted by molar-refractivity contribution is 5.84. The van der Waals surface area contributed by atoms with Gasteiger partial charge in [-0.05, 0) is 11.5 Å². The molecule has 2 atom stereocenters. The van der Waals surface area contributed by atoms with Crippen molar-refractivity contribution in [2.75, 3.05) is 13.1 Å². The summed E-state index contributed by atoms with van der Waals surface area (Å²) in [7, 11) is 0. The molecule has 1 N–H and O–H groups in total. The molecule has 0 aromatic heterocycles. The van der Waals surface area contributed by atoms with E-state index in [0.717, 1.165) is 19.5 Å². The molecule has 0 bridgehead atoms. The van der Waals surface area contributed by atoms with E-state index >= 15 is 0 Å². The maximum absolute atomic E-state index is 4.48. The van der Waals surface area contributed by atoms with Crippen molar-refractivity contribution >= 4 is 5.84 Å². The highest BCUT2D eigenvalue weighted by Crippen LogP contribution is 2.33. The van der Waals surface area contributed by atoms with Gasteiger partial charge in [0.2, 0.25) is 0 Å². The molecule has 16 heavy (non-hydrogen) atoms. The van der Waals surface area contributed by atoms with Crippen LogP contribution in [0.25, 0.3) is 0 Å². The van der Waals surface area contributed by atoms with Crippen LogP contribution in [0.1, 0.15) is 6.42 Å². The Morgan fingerprint density at radius 1 is 1.25 bits per heavy atom. The summed E-state index contributed by atoms with van der Waals surface area (Å²) in [6.07, 6.45) is 16.5. The van der Waals surface area contributed by atoms with Crippen LogP contribution in [-0.2, 0) is 0 Å². The number of nitrogens with zero attached hydrogens (tertiary/aromatic N) is 1. The van der Waals surface area contributed by atoms with Gasteiger partial charge in [0.05, 0.1) is 12.4 Å². The Morgan fingerprint density at radius 3 is 3.12 bits per heavy atom. The summed E-state index contributed by atoms with van der Waals surface area (Å²) >= 11 is 0. The van der Waals surface area contributed by atoms with E-state index in [0.29, 0.717) is 11.8 Å². The molecule has 1 heterocycles. The lowest BCUT2D eigenvalue weighted by Gasteiger charge is -2.27. The zero-order valence-electron chi connectivity index (χ0n) is 9.26. The highest BCUT2D eigenvalue weighted by atomic mass is 15.1. The fourth-order valence-corrected chi connectivity index (χ4v) is 2.56. The molecule has 82 valence electrons. The van der Waals surface area contributed by atoms with Gasteiger partial charge in [-0.1, -0.05) is 42.5 Å². The Balaban J connectivity index is 1.76. The summed E-state index contributed by atoms with van der Waals surface area (Å²) in [5.41, 5.74) is 1.42. The smallest absolute Gasteiger partial charge is 0.0970 e. The van der Waals surface area contributed by atoms with Gasteiger partial charge in [-0.3, -0.25) is 4.99 Å². The number of nitrogens with one attached hydrogen (secondary N) is 1. The lowest BCUT2D eigenvalue weighted by atomic mass is 9.78. The Morgan fingerprint density at radius 2 is 2.25 bits per heavy atom. The van der Waals surface area contributed by atoms with Crippen LogP contribution < -0.4 is 5.32 Å². The van der Waals surface area contributed by atoms with E-state index in [4.69, 9.17) is 0 Å². The predicted octanol–water partition coefficient (Wildman–Crippen LogP) is 2.23. The summed E-state index contributed by atoms with van der Waals surface area (Å²) < 4.78 is 0. The molecule has 0 radical (unpaired) electrons. The zero-order valence-corrected chi connectivity index (χ0v) is 9.26. The van der Waals surface area contributed by atoms with Crippen LogP contribution in [0.3, 0.4) is 0 Å². The molecule has 0 amide bonds. The van der Waals surface area contributed by atoms with Gasteiger partial charge in [0.15, 0.2) is 0 Å². The fourth-order valence-electron chi connectivity index (χ4n) is 2.56. The largest absolute Gasteiger partial charge is 0.372 e. The number of rotatable bonds is 2. The topological polar surface area (TPSA) is 24.4 Å². The summed E-state index contributed by atoms with van der Waals surface area (Å²) in [6.45, 7) is 1.95. The highest BCUT2D eigenvalue weighted by Gasteiger charge is 2.24. The number of aliphatic imine (C=N–C) groups is 1. The van der Waals surface area contributed by atoms with Gasteiger partial charge in [-0.25, -0.2) is 0 Å². The van der Waals surface area contributed by atoms with E-state index in [-0.39, 0.29) is 0 Å². The van der Waals surface area contributed by atoms with Crippen molar-refractivity contribution in [3.05, 3.63) is 48.1 Å². The molecule has 0 saturated carbocycles. The van der Waals surface area contributed by atoms with Gasteiger partial charge in [0, 0.05) is 18.9 Å². The standard InChI is InChI=1S/C14H16N2/c1-2-7-13-11(4-1)5-3-6-12(13)10-14-15-8-9-16-14/h1-7,12-13H,8-10H2,(H,15,16)/t12-,13+/m0/s1. The lowest BCUT2D eigenvalue weighted by molar-refractivity contribution is 0.548. The number of allylic oxidation sites excluding steroid dienone is 8. The molecule has 0 unspecified atom stereocenters. The minimum Gasteiger partial charge on any atom is -0.372 e. The van der Waals surface area contributed by atoms with Gasteiger partial charge in [-0.2, -0.15) is 0 Å². The monoisotopic (exact) mass is 212 g/mol. The van der Waals surface area contributed by atoms with E-state index in [9.17, 15) is 0 Å². The SMILES string of the molecule is C1=CC2=CC=C[C@@H](CC3=NCCN3)[C@@H]2C=C1. The number of hydrogen-bond acceptors (Lipinski definition) is 2. The molecule has 3 aliphatic rings. The summed E-state index contributed by atoms with van der Waals surface area (Å²) in [6, 6.07) is 0. The third-order valence-corrected chi connectivity index (χ3v) is 3.38. The van der Waals surface area contributed by atoms with Crippen LogP contribution in [-0.4, -0.2) is 18.9 Å². The van der Waals surface area contributed by atoms with Crippen LogP contribution in [0.15, 0.2) is 53.1 Å². The molecule has 2 nitrogen and oxygen atoms in total. The Hall–Kier alpha value is -1.57. The van der Waals surface area contributed by atoms with Gasteiger partial charge in [-0.15, -0.1) is 0 Å². The third-order valence-electron chi connectivity index (χ3n) is 3.38. The minimum absolute atomic E-state index is 0.542. The molecule has 0 aromatic carbocycles. The second-order valence-electron chi connectivity index (χ2n) is 4.44. The quantitative estimate of drug-likeness (QED) is 0.746. The second kappa shape index (κ2) is 4.12. The molecule has 0 fully saturated rings. The molecular weight excluding hydrogens is 196 g/mol. The zero-order chi connectivity index (χ0) is 10.8. The maximum Gasteiger partial charge on any atom is 0.0970 e. The Labute approximate surface area is 96.2 Å². The first kappa shape index (κ1) is 9.64. The van der Waals surface area contributed by atoms with E-state index in [1.54, 1.807) is 0 Å². The van der Waals surface area contributed by atoms with Crippen LogP contribution in [0.4, 0.5) is 0 Å². The van der Waals surface area contributed by atoms with Gasteiger partial charge < -0.3 is 5.32 Å². The maximum atomic E-state index is 4.48. The molecule has 0 aromatic rings. The Bertz CT molecular complexity index is 424. The fraction of sp³-hybridized carbons (Fsp3) is 0.357. The third kappa shape index (κ3) is 1.75. The molecule has 2 heteroatoms. The van der Waals surface area contributed by atoms with Crippen LogP contribution in [0, 0.1) is 11.8 Å². The van der Waals surface area contributed by atoms with E-state index in [2.05, 4.69) is 52.8 Å². The summed E-state index contributed by atoms with van der Waals surface area (Å²) in [4.78, 5) is 4.48.